The number of pyridine rings is 1. The zero-order valence-corrected chi connectivity index (χ0v) is 9.38. The summed E-state index contributed by atoms with van der Waals surface area (Å²) < 4.78 is 4.77. The maximum atomic E-state index is 11.7. The summed E-state index contributed by atoms with van der Waals surface area (Å²) in [6.07, 6.45) is 1.26. The quantitative estimate of drug-likeness (QED) is 0.847. The number of anilines is 1. The van der Waals surface area contributed by atoms with E-state index in [4.69, 9.17) is 9.63 Å². The Bertz CT molecular complexity index is 589. The molecule has 0 aliphatic rings. The second-order valence-electron chi connectivity index (χ2n) is 3.51. The first-order valence-electron chi connectivity index (χ1n) is 5.00. The molecule has 0 unspecified atom stereocenters. The summed E-state index contributed by atoms with van der Waals surface area (Å²) >= 11 is 0. The highest BCUT2D eigenvalue weighted by atomic mass is 16.5. The van der Waals surface area contributed by atoms with E-state index >= 15 is 0 Å². The first kappa shape index (κ1) is 11.8. The molecule has 2 heterocycles. The van der Waals surface area contributed by atoms with Crippen LogP contribution >= 0.6 is 0 Å². The van der Waals surface area contributed by atoms with Gasteiger partial charge in [-0.2, -0.15) is 0 Å². The second-order valence-corrected chi connectivity index (χ2v) is 3.51. The third kappa shape index (κ3) is 2.51. The summed E-state index contributed by atoms with van der Waals surface area (Å²) in [5.41, 5.74) is 0.436. The molecule has 18 heavy (non-hydrogen) atoms. The van der Waals surface area contributed by atoms with Crippen LogP contribution in [0, 0.1) is 6.92 Å². The van der Waals surface area contributed by atoms with Crippen molar-refractivity contribution in [3.05, 3.63) is 41.5 Å². The number of carboxylic acid groups (broad SMARTS) is 1. The molecule has 2 N–H and O–H groups in total. The number of aromatic carboxylic acids is 1. The molecule has 2 aromatic heterocycles. The number of nitrogens with zero attached hydrogens (tertiary/aromatic N) is 2. The van der Waals surface area contributed by atoms with Crippen LogP contribution in [0.1, 0.15) is 26.7 Å². The minimum atomic E-state index is -1.12. The zero-order valence-electron chi connectivity index (χ0n) is 9.38. The van der Waals surface area contributed by atoms with Gasteiger partial charge in [-0.05, 0) is 19.1 Å². The van der Waals surface area contributed by atoms with E-state index in [-0.39, 0.29) is 11.4 Å². The van der Waals surface area contributed by atoms with Gasteiger partial charge in [-0.3, -0.25) is 4.79 Å². The van der Waals surface area contributed by atoms with E-state index in [2.05, 4.69) is 15.5 Å². The van der Waals surface area contributed by atoms with Gasteiger partial charge in [0.05, 0.1) is 11.9 Å². The first-order chi connectivity index (χ1) is 8.56. The molecule has 0 aliphatic carbocycles. The number of amides is 1. The molecule has 0 fully saturated rings. The van der Waals surface area contributed by atoms with Crippen molar-refractivity contribution in [1.29, 1.82) is 0 Å². The zero-order chi connectivity index (χ0) is 13.1. The van der Waals surface area contributed by atoms with Gasteiger partial charge in [-0.25, -0.2) is 9.78 Å². The number of carbonyl (C=O) groups is 2. The van der Waals surface area contributed by atoms with Crippen LogP contribution in [0.4, 0.5) is 5.69 Å². The highest BCUT2D eigenvalue weighted by Gasteiger charge is 2.11. The van der Waals surface area contributed by atoms with Crippen LogP contribution < -0.4 is 5.32 Å². The van der Waals surface area contributed by atoms with Crippen molar-refractivity contribution in [2.75, 3.05) is 5.32 Å². The molecular weight excluding hydrogens is 238 g/mol. The molecule has 0 radical (unpaired) electrons. The van der Waals surface area contributed by atoms with Crippen molar-refractivity contribution in [1.82, 2.24) is 10.1 Å². The minimum Gasteiger partial charge on any atom is -0.477 e. The molecule has 0 aliphatic heterocycles. The van der Waals surface area contributed by atoms with Crippen molar-refractivity contribution in [3.8, 4) is 0 Å². The van der Waals surface area contributed by atoms with Gasteiger partial charge in [0.25, 0.3) is 5.91 Å². The molecule has 0 spiro atoms. The van der Waals surface area contributed by atoms with E-state index in [1.807, 2.05) is 0 Å². The molecule has 0 saturated heterocycles. The van der Waals surface area contributed by atoms with Crippen molar-refractivity contribution in [2.24, 2.45) is 0 Å². The molecule has 0 bridgehead atoms. The number of carbonyl (C=O) groups excluding carboxylic acids is 1. The molecule has 0 aromatic carbocycles. The fourth-order valence-electron chi connectivity index (χ4n) is 1.26. The third-order valence-corrected chi connectivity index (χ3v) is 2.10. The lowest BCUT2D eigenvalue weighted by molar-refractivity contribution is 0.0690. The van der Waals surface area contributed by atoms with E-state index in [0.717, 1.165) is 0 Å². The smallest absolute Gasteiger partial charge is 0.354 e. The number of nitrogens with one attached hydrogen (secondary N) is 1. The first-order valence-corrected chi connectivity index (χ1v) is 5.00. The van der Waals surface area contributed by atoms with Crippen LogP contribution in [0.25, 0.3) is 0 Å². The van der Waals surface area contributed by atoms with Gasteiger partial charge in [0.15, 0.2) is 5.69 Å². The number of hydrogen-bond donors (Lipinski definition) is 2. The number of rotatable bonds is 3. The van der Waals surface area contributed by atoms with Crippen molar-refractivity contribution >= 4 is 17.6 Å². The van der Waals surface area contributed by atoms with E-state index in [0.29, 0.717) is 11.4 Å². The van der Waals surface area contributed by atoms with Gasteiger partial charge in [0, 0.05) is 6.07 Å². The summed E-state index contributed by atoms with van der Waals surface area (Å²) in [7, 11) is 0. The SMILES string of the molecule is Cc1cc(C(=O)Nc2ccc(C(=O)O)nc2)no1. The van der Waals surface area contributed by atoms with E-state index in [9.17, 15) is 9.59 Å². The molecule has 0 saturated carbocycles. The Morgan fingerprint density at radius 1 is 1.33 bits per heavy atom. The van der Waals surface area contributed by atoms with E-state index in [1.165, 1.54) is 24.4 Å². The lowest BCUT2D eigenvalue weighted by atomic mass is 10.3. The maximum absolute atomic E-state index is 11.7. The number of carboxylic acids is 1. The van der Waals surface area contributed by atoms with E-state index in [1.54, 1.807) is 6.92 Å². The molecule has 0 atom stereocenters. The van der Waals surface area contributed by atoms with Crippen LogP contribution in [0.3, 0.4) is 0 Å². The summed E-state index contributed by atoms with van der Waals surface area (Å²) in [6, 6.07) is 4.24. The van der Waals surface area contributed by atoms with Crippen molar-refractivity contribution in [2.45, 2.75) is 6.92 Å². The second kappa shape index (κ2) is 4.66. The number of hydrogen-bond acceptors (Lipinski definition) is 5. The topological polar surface area (TPSA) is 105 Å². The highest BCUT2D eigenvalue weighted by Crippen LogP contribution is 2.09. The summed E-state index contributed by atoms with van der Waals surface area (Å²) in [6.45, 7) is 1.67. The molecule has 1 amide bonds. The Labute approximate surface area is 101 Å². The fourth-order valence-corrected chi connectivity index (χ4v) is 1.26. The van der Waals surface area contributed by atoms with Gasteiger partial charge in [0.1, 0.15) is 11.5 Å². The van der Waals surface area contributed by atoms with Crippen LogP contribution in [-0.2, 0) is 0 Å². The predicted molar refractivity (Wildman–Crippen MR) is 60.4 cm³/mol. The van der Waals surface area contributed by atoms with Crippen molar-refractivity contribution < 1.29 is 19.2 Å². The maximum Gasteiger partial charge on any atom is 0.354 e. The third-order valence-electron chi connectivity index (χ3n) is 2.10. The minimum absolute atomic E-state index is 0.0923. The monoisotopic (exact) mass is 247 g/mol. The van der Waals surface area contributed by atoms with Crippen LogP contribution in [0.2, 0.25) is 0 Å². The Kier molecular flexibility index (Phi) is 3.05. The predicted octanol–water partition coefficient (Wildman–Crippen LogP) is 1.33. The standard InChI is InChI=1S/C11H9N3O4/c1-6-4-9(14-18-6)10(15)13-7-2-3-8(11(16)17)12-5-7/h2-5H,1H3,(H,13,15)(H,16,17). The Morgan fingerprint density at radius 2 is 2.11 bits per heavy atom. The van der Waals surface area contributed by atoms with E-state index < -0.39 is 11.9 Å². The molecule has 92 valence electrons. The summed E-state index contributed by atoms with van der Waals surface area (Å²) in [4.78, 5) is 25.9. The lowest BCUT2D eigenvalue weighted by Gasteiger charge is -2.02. The van der Waals surface area contributed by atoms with Gasteiger partial charge >= 0.3 is 5.97 Å². The van der Waals surface area contributed by atoms with Gasteiger partial charge in [-0.1, -0.05) is 5.16 Å². The molecular formula is C11H9N3O4. The molecule has 2 aromatic rings. The van der Waals surface area contributed by atoms with Gasteiger partial charge in [0.2, 0.25) is 0 Å². The van der Waals surface area contributed by atoms with Crippen LogP contribution in [0.15, 0.2) is 28.9 Å². The number of aryl methyl sites for hydroxylation is 1. The summed E-state index contributed by atoms with van der Waals surface area (Å²) in [5, 5.41) is 14.7. The largest absolute Gasteiger partial charge is 0.477 e. The Hall–Kier alpha value is -2.70. The van der Waals surface area contributed by atoms with Crippen LogP contribution in [0.5, 0.6) is 0 Å². The van der Waals surface area contributed by atoms with Crippen molar-refractivity contribution in [3.63, 3.8) is 0 Å². The van der Waals surface area contributed by atoms with Crippen LogP contribution in [-0.4, -0.2) is 27.1 Å². The molecule has 7 nitrogen and oxygen atoms in total. The Balaban J connectivity index is 2.10. The van der Waals surface area contributed by atoms with Gasteiger partial charge in [-0.15, -0.1) is 0 Å². The van der Waals surface area contributed by atoms with Gasteiger partial charge < -0.3 is 14.9 Å². The molecule has 2 rings (SSSR count). The molecule has 7 heteroatoms. The summed E-state index contributed by atoms with van der Waals surface area (Å²) in [5.74, 6) is -1.05. The Morgan fingerprint density at radius 3 is 2.61 bits per heavy atom. The average molecular weight is 247 g/mol. The highest BCUT2D eigenvalue weighted by molar-refractivity contribution is 6.02. The normalized spacial score (nSPS) is 10.1. The fraction of sp³-hybridized carbons (Fsp3) is 0.0909. The average Bonchev–Trinajstić information content (AvgIpc) is 2.76. The number of aromatic nitrogens is 2. The lowest BCUT2D eigenvalue weighted by Crippen LogP contribution is -2.12.